The van der Waals surface area contributed by atoms with Crippen molar-refractivity contribution in [3.05, 3.63) is 24.3 Å². The van der Waals surface area contributed by atoms with Crippen molar-refractivity contribution in [1.29, 1.82) is 5.26 Å². The van der Waals surface area contributed by atoms with E-state index in [-0.39, 0.29) is 17.0 Å². The Hall–Kier alpha value is -1.91. The topological polar surface area (TPSA) is 99.1 Å². The number of carbonyl (C=O) groups is 1. The van der Waals surface area contributed by atoms with Gasteiger partial charge in [-0.25, -0.2) is 13.1 Å². The van der Waals surface area contributed by atoms with Crippen LogP contribution in [0.15, 0.2) is 29.2 Å². The van der Waals surface area contributed by atoms with Crippen LogP contribution >= 0.6 is 0 Å². The maximum Gasteiger partial charge on any atom is 0.243 e. The molecule has 1 aromatic rings. The van der Waals surface area contributed by atoms with E-state index in [4.69, 9.17) is 5.26 Å². The molecule has 0 aliphatic heterocycles. The number of carbonyl (C=O) groups excluding carboxylic acids is 1. The minimum absolute atomic E-state index is 0.0267. The minimum Gasteiger partial charge on any atom is -0.324 e. The van der Waals surface area contributed by atoms with E-state index in [1.165, 1.54) is 12.1 Å². The molecular formula is C13H17N3O3S. The number of amides is 1. The van der Waals surface area contributed by atoms with Gasteiger partial charge >= 0.3 is 0 Å². The smallest absolute Gasteiger partial charge is 0.243 e. The molecule has 0 fully saturated rings. The molecule has 1 rings (SSSR count). The van der Waals surface area contributed by atoms with Gasteiger partial charge in [-0.2, -0.15) is 5.26 Å². The largest absolute Gasteiger partial charge is 0.324 e. The lowest BCUT2D eigenvalue weighted by Crippen LogP contribution is -2.40. The number of sulfonamides is 1. The van der Waals surface area contributed by atoms with Crippen LogP contribution in [0.5, 0.6) is 0 Å². The molecular weight excluding hydrogens is 278 g/mol. The number of nitriles is 1. The van der Waals surface area contributed by atoms with Gasteiger partial charge in [0.25, 0.3) is 0 Å². The highest BCUT2D eigenvalue weighted by molar-refractivity contribution is 7.89. The third kappa shape index (κ3) is 4.64. The summed E-state index contributed by atoms with van der Waals surface area (Å²) in [5.41, 5.74) is -0.479. The van der Waals surface area contributed by atoms with Crippen molar-refractivity contribution in [2.24, 2.45) is 0 Å². The molecule has 0 radical (unpaired) electrons. The van der Waals surface area contributed by atoms with Gasteiger partial charge in [0.05, 0.1) is 11.8 Å². The van der Waals surface area contributed by atoms with Crippen molar-refractivity contribution in [3.63, 3.8) is 0 Å². The number of para-hydroxylation sites is 1. The average molecular weight is 295 g/mol. The first-order chi connectivity index (χ1) is 9.15. The van der Waals surface area contributed by atoms with E-state index in [2.05, 4.69) is 10.0 Å². The van der Waals surface area contributed by atoms with Gasteiger partial charge in [0.1, 0.15) is 11.3 Å². The van der Waals surface area contributed by atoms with Crippen LogP contribution in [-0.4, -0.2) is 19.9 Å². The van der Waals surface area contributed by atoms with Crippen LogP contribution in [0.4, 0.5) is 5.69 Å². The molecule has 0 unspecified atom stereocenters. The van der Waals surface area contributed by atoms with E-state index in [0.29, 0.717) is 0 Å². The molecule has 0 spiro atoms. The summed E-state index contributed by atoms with van der Waals surface area (Å²) in [5, 5.41) is 10.9. The first-order valence-corrected chi connectivity index (χ1v) is 7.44. The maximum absolute atomic E-state index is 12.3. The van der Waals surface area contributed by atoms with E-state index in [1.807, 2.05) is 0 Å². The second kappa shape index (κ2) is 6.03. The summed E-state index contributed by atoms with van der Waals surface area (Å²) in [7, 11) is -3.76. The summed E-state index contributed by atoms with van der Waals surface area (Å²) in [6.07, 6.45) is -0.332. The molecule has 0 aliphatic carbocycles. The number of hydrogen-bond acceptors (Lipinski definition) is 4. The molecule has 0 bridgehead atoms. The quantitative estimate of drug-likeness (QED) is 0.881. The number of anilines is 1. The molecule has 0 saturated heterocycles. The van der Waals surface area contributed by atoms with Crippen LogP contribution in [0.1, 0.15) is 27.2 Å². The molecule has 0 saturated carbocycles. The van der Waals surface area contributed by atoms with Crippen LogP contribution < -0.4 is 10.0 Å². The van der Waals surface area contributed by atoms with Crippen molar-refractivity contribution in [2.75, 3.05) is 5.32 Å². The molecule has 0 heterocycles. The minimum atomic E-state index is -3.76. The zero-order valence-electron chi connectivity index (χ0n) is 11.6. The van der Waals surface area contributed by atoms with Gasteiger partial charge in [-0.1, -0.05) is 12.1 Å². The van der Waals surface area contributed by atoms with Gasteiger partial charge in [-0.15, -0.1) is 0 Å². The average Bonchev–Trinajstić information content (AvgIpc) is 2.26. The maximum atomic E-state index is 12.3. The van der Waals surface area contributed by atoms with Crippen molar-refractivity contribution in [2.45, 2.75) is 37.6 Å². The number of rotatable bonds is 4. The van der Waals surface area contributed by atoms with Crippen molar-refractivity contribution in [1.82, 2.24) is 4.72 Å². The van der Waals surface area contributed by atoms with E-state index >= 15 is 0 Å². The third-order valence-corrected chi connectivity index (χ3v) is 3.95. The van der Waals surface area contributed by atoms with Crippen molar-refractivity contribution >= 4 is 21.6 Å². The lowest BCUT2D eigenvalue weighted by molar-refractivity contribution is -0.115. The lowest BCUT2D eigenvalue weighted by atomic mass is 10.1. The number of nitrogens with zero attached hydrogens (tertiary/aromatic N) is 1. The van der Waals surface area contributed by atoms with E-state index in [9.17, 15) is 13.2 Å². The zero-order valence-corrected chi connectivity index (χ0v) is 12.4. The van der Waals surface area contributed by atoms with Gasteiger partial charge in [-0.05, 0) is 32.9 Å². The van der Waals surface area contributed by atoms with E-state index < -0.39 is 21.5 Å². The highest BCUT2D eigenvalue weighted by Crippen LogP contribution is 2.22. The Labute approximate surface area is 118 Å². The summed E-state index contributed by atoms with van der Waals surface area (Å²) < 4.78 is 27.1. The fourth-order valence-corrected chi connectivity index (χ4v) is 3.11. The Bertz CT molecular complexity index is 640. The zero-order chi connectivity index (χ0) is 15.4. The molecule has 2 N–H and O–H groups in total. The lowest BCUT2D eigenvalue weighted by Gasteiger charge is -2.21. The second-order valence-corrected chi connectivity index (χ2v) is 6.89. The summed E-state index contributed by atoms with van der Waals surface area (Å²) in [4.78, 5) is 11.4. The molecule has 1 aromatic carbocycles. The van der Waals surface area contributed by atoms with E-state index in [0.717, 1.165) is 0 Å². The highest BCUT2D eigenvalue weighted by Gasteiger charge is 2.24. The Morgan fingerprint density at radius 2 is 1.90 bits per heavy atom. The van der Waals surface area contributed by atoms with E-state index in [1.54, 1.807) is 39.0 Å². The fourth-order valence-electron chi connectivity index (χ4n) is 1.53. The molecule has 0 aliphatic rings. The van der Waals surface area contributed by atoms with Crippen LogP contribution in [0, 0.1) is 11.3 Å². The molecule has 108 valence electrons. The van der Waals surface area contributed by atoms with Gasteiger partial charge < -0.3 is 5.32 Å². The van der Waals surface area contributed by atoms with Crippen LogP contribution in [0.25, 0.3) is 0 Å². The van der Waals surface area contributed by atoms with Crippen LogP contribution in [0.3, 0.4) is 0 Å². The molecule has 0 aromatic heterocycles. The predicted octanol–water partition coefficient (Wildman–Crippen LogP) is 1.62. The van der Waals surface area contributed by atoms with Gasteiger partial charge in [0.15, 0.2) is 0 Å². The summed E-state index contributed by atoms with van der Waals surface area (Å²) >= 11 is 0. The summed E-state index contributed by atoms with van der Waals surface area (Å²) in [5.74, 6) is -0.550. The predicted molar refractivity (Wildman–Crippen MR) is 75.4 cm³/mol. The SMILES string of the molecule is CC(C)(C)NS(=O)(=O)c1ccccc1NC(=O)CC#N. The Morgan fingerprint density at radius 3 is 2.45 bits per heavy atom. The Kier molecular flexibility index (Phi) is 4.87. The highest BCUT2D eigenvalue weighted by atomic mass is 32.2. The molecule has 7 heteroatoms. The monoisotopic (exact) mass is 295 g/mol. The molecule has 6 nitrogen and oxygen atoms in total. The second-order valence-electron chi connectivity index (χ2n) is 5.23. The first-order valence-electron chi connectivity index (χ1n) is 5.95. The van der Waals surface area contributed by atoms with Gasteiger partial charge in [0.2, 0.25) is 15.9 Å². The Morgan fingerprint density at radius 1 is 1.30 bits per heavy atom. The molecule has 0 atom stereocenters. The third-order valence-electron chi connectivity index (χ3n) is 2.13. The van der Waals surface area contributed by atoms with Crippen LogP contribution in [0.2, 0.25) is 0 Å². The number of hydrogen-bond donors (Lipinski definition) is 2. The Balaban J connectivity index is 3.14. The normalized spacial score (nSPS) is 11.7. The van der Waals surface area contributed by atoms with Crippen molar-refractivity contribution in [3.8, 4) is 6.07 Å². The van der Waals surface area contributed by atoms with Gasteiger partial charge in [0, 0.05) is 5.54 Å². The number of benzene rings is 1. The van der Waals surface area contributed by atoms with Crippen LogP contribution in [-0.2, 0) is 14.8 Å². The van der Waals surface area contributed by atoms with Crippen molar-refractivity contribution < 1.29 is 13.2 Å². The molecule has 1 amide bonds. The first kappa shape index (κ1) is 16.1. The van der Waals surface area contributed by atoms with Gasteiger partial charge in [-0.3, -0.25) is 4.79 Å². The standard InChI is InChI=1S/C13H17N3O3S/c1-13(2,3)16-20(18,19)11-7-5-4-6-10(11)15-12(17)8-9-14/h4-7,16H,8H2,1-3H3,(H,15,17). The number of nitrogens with one attached hydrogen (secondary N) is 2. The summed E-state index contributed by atoms with van der Waals surface area (Å²) in [6, 6.07) is 7.76. The summed E-state index contributed by atoms with van der Waals surface area (Å²) in [6.45, 7) is 5.17. The molecule has 20 heavy (non-hydrogen) atoms. The fraction of sp³-hybridized carbons (Fsp3) is 0.385.